The van der Waals surface area contributed by atoms with Crippen LogP contribution < -0.4 is 5.32 Å². The van der Waals surface area contributed by atoms with Gasteiger partial charge >= 0.3 is 0 Å². The molecule has 1 aromatic carbocycles. The highest BCUT2D eigenvalue weighted by Crippen LogP contribution is 2.20. The second-order valence-corrected chi connectivity index (χ2v) is 4.82. The predicted octanol–water partition coefficient (Wildman–Crippen LogP) is 2.92. The lowest BCUT2D eigenvalue weighted by Gasteiger charge is -2.06. The van der Waals surface area contributed by atoms with Crippen LogP contribution in [0.5, 0.6) is 0 Å². The fraction of sp³-hybridized carbons (Fsp3) is 0.400. The number of pyridine rings is 1. The van der Waals surface area contributed by atoms with Gasteiger partial charge in [0.15, 0.2) is 0 Å². The van der Waals surface area contributed by atoms with E-state index in [0.717, 1.165) is 24.5 Å². The molecule has 0 unspecified atom stereocenters. The second-order valence-electron chi connectivity index (χ2n) is 4.82. The summed E-state index contributed by atoms with van der Waals surface area (Å²) in [5.41, 5.74) is 2.54. The molecule has 0 bridgehead atoms. The molecule has 0 aliphatic heterocycles. The number of aromatic nitrogens is 1. The van der Waals surface area contributed by atoms with Crippen LogP contribution in [0, 0.1) is 0 Å². The Labute approximate surface area is 102 Å². The summed E-state index contributed by atoms with van der Waals surface area (Å²) < 4.78 is 0. The van der Waals surface area contributed by atoms with E-state index < -0.39 is 0 Å². The lowest BCUT2D eigenvalue weighted by molar-refractivity contribution is 0.646. The summed E-state index contributed by atoms with van der Waals surface area (Å²) in [6.45, 7) is 1.14. The Bertz CT molecular complexity index is 498. The van der Waals surface area contributed by atoms with E-state index >= 15 is 0 Å². The molecule has 0 amide bonds. The van der Waals surface area contributed by atoms with E-state index in [0.29, 0.717) is 0 Å². The quantitative estimate of drug-likeness (QED) is 0.793. The van der Waals surface area contributed by atoms with Gasteiger partial charge < -0.3 is 5.32 Å². The first-order valence-electron chi connectivity index (χ1n) is 6.49. The zero-order valence-electron chi connectivity index (χ0n) is 10.0. The molecule has 1 aromatic heterocycles. The van der Waals surface area contributed by atoms with E-state index in [4.69, 9.17) is 0 Å². The normalized spacial score (nSPS) is 15.3. The first-order chi connectivity index (χ1) is 8.43. The van der Waals surface area contributed by atoms with E-state index in [1.807, 2.05) is 12.3 Å². The van der Waals surface area contributed by atoms with Gasteiger partial charge in [0.05, 0.1) is 5.52 Å². The van der Waals surface area contributed by atoms with Crippen LogP contribution in [-0.2, 0) is 6.42 Å². The van der Waals surface area contributed by atoms with Crippen molar-refractivity contribution in [3.05, 3.63) is 42.1 Å². The molecular weight excluding hydrogens is 208 g/mol. The maximum absolute atomic E-state index is 4.39. The first-order valence-corrected chi connectivity index (χ1v) is 6.49. The summed E-state index contributed by atoms with van der Waals surface area (Å²) >= 11 is 0. The molecular formula is C15H18N2. The maximum Gasteiger partial charge on any atom is 0.0704 e. The highest BCUT2D eigenvalue weighted by atomic mass is 14.9. The topological polar surface area (TPSA) is 24.9 Å². The van der Waals surface area contributed by atoms with Gasteiger partial charge in [0.1, 0.15) is 0 Å². The van der Waals surface area contributed by atoms with Crippen molar-refractivity contribution in [2.24, 2.45) is 0 Å². The molecule has 3 rings (SSSR count). The van der Waals surface area contributed by atoms with Gasteiger partial charge in [-0.15, -0.1) is 0 Å². The van der Waals surface area contributed by atoms with Crippen molar-refractivity contribution in [3.8, 4) is 0 Å². The van der Waals surface area contributed by atoms with Gasteiger partial charge in [-0.1, -0.05) is 18.2 Å². The number of hydrogen-bond acceptors (Lipinski definition) is 2. The molecule has 0 spiro atoms. The summed E-state index contributed by atoms with van der Waals surface area (Å²) in [5, 5.41) is 4.87. The third-order valence-electron chi connectivity index (χ3n) is 3.37. The average Bonchev–Trinajstić information content (AvgIpc) is 3.19. The van der Waals surface area contributed by atoms with Gasteiger partial charge in [-0.25, -0.2) is 0 Å². The van der Waals surface area contributed by atoms with Gasteiger partial charge in [-0.3, -0.25) is 4.98 Å². The minimum absolute atomic E-state index is 0.823. The van der Waals surface area contributed by atoms with Crippen LogP contribution in [0.1, 0.15) is 24.8 Å². The molecule has 17 heavy (non-hydrogen) atoms. The maximum atomic E-state index is 4.39. The number of rotatable bonds is 5. The smallest absolute Gasteiger partial charge is 0.0704 e. The number of nitrogens with zero attached hydrogens (tertiary/aromatic N) is 1. The largest absolute Gasteiger partial charge is 0.314 e. The van der Waals surface area contributed by atoms with Crippen LogP contribution >= 0.6 is 0 Å². The van der Waals surface area contributed by atoms with Crippen LogP contribution in [0.3, 0.4) is 0 Å². The molecule has 1 heterocycles. The van der Waals surface area contributed by atoms with Crippen LogP contribution in [0.4, 0.5) is 0 Å². The number of benzene rings is 1. The van der Waals surface area contributed by atoms with Crippen molar-refractivity contribution in [2.45, 2.75) is 31.7 Å². The number of hydrogen-bond donors (Lipinski definition) is 1. The van der Waals surface area contributed by atoms with E-state index in [1.54, 1.807) is 0 Å². The fourth-order valence-corrected chi connectivity index (χ4v) is 2.26. The molecule has 2 nitrogen and oxygen atoms in total. The molecule has 2 aromatic rings. The molecule has 1 aliphatic carbocycles. The van der Waals surface area contributed by atoms with Gasteiger partial charge in [0.2, 0.25) is 0 Å². The van der Waals surface area contributed by atoms with Crippen molar-refractivity contribution in [1.82, 2.24) is 10.3 Å². The van der Waals surface area contributed by atoms with Gasteiger partial charge in [-0.2, -0.15) is 0 Å². The summed E-state index contributed by atoms with van der Waals surface area (Å²) in [4.78, 5) is 4.39. The summed E-state index contributed by atoms with van der Waals surface area (Å²) in [6, 6.07) is 11.4. The van der Waals surface area contributed by atoms with Crippen LogP contribution in [-0.4, -0.2) is 17.6 Å². The molecule has 2 heteroatoms. The number of fused-ring (bicyclic) bond motifs is 1. The second kappa shape index (κ2) is 4.84. The molecule has 1 aliphatic rings. The SMILES string of the molecule is c1cc(CCCNC2CC2)c2cccnc2c1. The standard InChI is InChI=1S/C15H18N2/c1-4-12(5-2-10-16-13-8-9-13)14-6-3-11-17-15(14)7-1/h1,3-4,6-7,11,13,16H,2,5,8-10H2. The Morgan fingerprint density at radius 3 is 3.00 bits per heavy atom. The van der Waals surface area contributed by atoms with Crippen molar-refractivity contribution in [1.29, 1.82) is 0 Å². The average molecular weight is 226 g/mol. The predicted molar refractivity (Wildman–Crippen MR) is 71.1 cm³/mol. The summed E-state index contributed by atoms with van der Waals surface area (Å²) in [5.74, 6) is 0. The third-order valence-corrected chi connectivity index (χ3v) is 3.37. The van der Waals surface area contributed by atoms with E-state index in [1.165, 1.54) is 30.2 Å². The zero-order chi connectivity index (χ0) is 11.5. The molecule has 1 fully saturated rings. The lowest BCUT2D eigenvalue weighted by Crippen LogP contribution is -2.17. The van der Waals surface area contributed by atoms with Crippen molar-refractivity contribution >= 4 is 10.9 Å². The summed E-state index contributed by atoms with van der Waals surface area (Å²) in [7, 11) is 0. The first kappa shape index (κ1) is 10.7. The van der Waals surface area contributed by atoms with Gasteiger partial charge in [0, 0.05) is 17.6 Å². The van der Waals surface area contributed by atoms with Crippen molar-refractivity contribution < 1.29 is 0 Å². The van der Waals surface area contributed by atoms with Crippen LogP contribution in [0.25, 0.3) is 10.9 Å². The van der Waals surface area contributed by atoms with Crippen LogP contribution in [0.15, 0.2) is 36.5 Å². The Balaban J connectivity index is 1.66. The third kappa shape index (κ3) is 2.64. The van der Waals surface area contributed by atoms with Crippen molar-refractivity contribution in [3.63, 3.8) is 0 Å². The summed E-state index contributed by atoms with van der Waals surface area (Å²) in [6.07, 6.45) is 6.96. The molecule has 0 saturated heterocycles. The van der Waals surface area contributed by atoms with Gasteiger partial charge in [0.25, 0.3) is 0 Å². The lowest BCUT2D eigenvalue weighted by atomic mass is 10.0. The van der Waals surface area contributed by atoms with E-state index in [-0.39, 0.29) is 0 Å². The molecule has 1 N–H and O–H groups in total. The van der Waals surface area contributed by atoms with Crippen LogP contribution in [0.2, 0.25) is 0 Å². The highest BCUT2D eigenvalue weighted by molar-refractivity contribution is 5.81. The van der Waals surface area contributed by atoms with E-state index in [9.17, 15) is 0 Å². The Kier molecular flexibility index (Phi) is 3.06. The monoisotopic (exact) mass is 226 g/mol. The van der Waals surface area contributed by atoms with Gasteiger partial charge in [-0.05, 0) is 49.9 Å². The minimum atomic E-state index is 0.823. The Morgan fingerprint density at radius 2 is 2.12 bits per heavy atom. The Hall–Kier alpha value is -1.41. The number of nitrogens with one attached hydrogen (secondary N) is 1. The molecule has 0 radical (unpaired) electrons. The fourth-order valence-electron chi connectivity index (χ4n) is 2.26. The number of aryl methyl sites for hydroxylation is 1. The minimum Gasteiger partial charge on any atom is -0.314 e. The molecule has 88 valence electrons. The molecule has 0 atom stereocenters. The highest BCUT2D eigenvalue weighted by Gasteiger charge is 2.19. The van der Waals surface area contributed by atoms with Crippen molar-refractivity contribution in [2.75, 3.05) is 6.54 Å². The zero-order valence-corrected chi connectivity index (χ0v) is 10.0. The Morgan fingerprint density at radius 1 is 1.18 bits per heavy atom. The van der Waals surface area contributed by atoms with E-state index in [2.05, 4.69) is 34.6 Å². The molecule has 1 saturated carbocycles.